The Morgan fingerprint density at radius 3 is 2.52 bits per heavy atom. The molecule has 2 amide bonds. The van der Waals surface area contributed by atoms with Crippen molar-refractivity contribution in [2.75, 3.05) is 16.0 Å². The first kappa shape index (κ1) is 17.1. The van der Waals surface area contributed by atoms with Crippen LogP contribution in [-0.2, 0) is 9.59 Å². The summed E-state index contributed by atoms with van der Waals surface area (Å²) in [5, 5.41) is 12.8. The normalized spacial score (nSPS) is 15.7. The van der Waals surface area contributed by atoms with Gasteiger partial charge in [0, 0.05) is 5.69 Å². The van der Waals surface area contributed by atoms with Crippen LogP contribution >= 0.6 is 23.4 Å². The van der Waals surface area contributed by atoms with Gasteiger partial charge in [0.15, 0.2) is 0 Å². The van der Waals surface area contributed by atoms with Crippen LogP contribution in [0.4, 0.5) is 11.4 Å². The van der Waals surface area contributed by atoms with Gasteiger partial charge in [-0.05, 0) is 24.3 Å². The van der Waals surface area contributed by atoms with E-state index >= 15 is 0 Å². The number of carbonyl (C=O) groups excluding carboxylic acids is 2. The van der Waals surface area contributed by atoms with E-state index in [4.69, 9.17) is 11.6 Å². The largest absolute Gasteiger partial charge is 0.320 e. The SMILES string of the molecule is N#C/C(C(=O)Nc1ccccc1Cl)=C1\SCC(=O)N1c1ccccc1. The molecular formula is C18H12ClN3O2S. The van der Waals surface area contributed by atoms with Crippen molar-refractivity contribution < 1.29 is 9.59 Å². The van der Waals surface area contributed by atoms with Gasteiger partial charge in [0.25, 0.3) is 5.91 Å². The first-order chi connectivity index (χ1) is 12.1. The number of nitrogens with one attached hydrogen (secondary N) is 1. The van der Waals surface area contributed by atoms with Crippen molar-refractivity contribution in [2.24, 2.45) is 0 Å². The summed E-state index contributed by atoms with van der Waals surface area (Å²) in [6.45, 7) is 0. The van der Waals surface area contributed by atoms with Gasteiger partial charge in [0.1, 0.15) is 16.7 Å². The second kappa shape index (κ2) is 7.43. The lowest BCUT2D eigenvalue weighted by Gasteiger charge is -2.18. The van der Waals surface area contributed by atoms with E-state index in [0.29, 0.717) is 21.4 Å². The van der Waals surface area contributed by atoms with E-state index in [2.05, 4.69) is 5.32 Å². The van der Waals surface area contributed by atoms with Crippen LogP contribution in [0.1, 0.15) is 0 Å². The highest BCUT2D eigenvalue weighted by atomic mass is 35.5. The number of nitriles is 1. The van der Waals surface area contributed by atoms with Gasteiger partial charge in [-0.3, -0.25) is 14.5 Å². The number of carbonyl (C=O) groups is 2. The van der Waals surface area contributed by atoms with E-state index < -0.39 is 5.91 Å². The lowest BCUT2D eigenvalue weighted by Crippen LogP contribution is -2.26. The summed E-state index contributed by atoms with van der Waals surface area (Å²) in [6.07, 6.45) is 0. The van der Waals surface area contributed by atoms with E-state index in [1.807, 2.05) is 12.1 Å². The van der Waals surface area contributed by atoms with Gasteiger partial charge >= 0.3 is 0 Å². The summed E-state index contributed by atoms with van der Waals surface area (Å²) >= 11 is 7.21. The number of hydrogen-bond acceptors (Lipinski definition) is 4. The molecule has 1 saturated heterocycles. The van der Waals surface area contributed by atoms with Crippen LogP contribution in [0.15, 0.2) is 65.2 Å². The summed E-state index contributed by atoms with van der Waals surface area (Å²) in [7, 11) is 0. The second-order valence-corrected chi connectivity index (χ2v) is 6.45. The molecule has 0 aliphatic carbocycles. The smallest absolute Gasteiger partial charge is 0.269 e. The van der Waals surface area contributed by atoms with Crippen molar-refractivity contribution >= 4 is 46.6 Å². The van der Waals surface area contributed by atoms with Crippen LogP contribution in [-0.4, -0.2) is 17.6 Å². The predicted molar refractivity (Wildman–Crippen MR) is 99.1 cm³/mol. The minimum absolute atomic E-state index is 0.125. The Hall–Kier alpha value is -2.75. The number of hydrogen-bond donors (Lipinski definition) is 1. The standard InChI is InChI=1S/C18H12ClN3O2S/c19-14-8-4-5-9-15(14)21-17(24)13(10-20)18-22(16(23)11-25-18)12-6-2-1-3-7-12/h1-9H,11H2,(H,21,24)/b18-13+. The number of nitrogens with zero attached hydrogens (tertiary/aromatic N) is 2. The van der Waals surface area contributed by atoms with Gasteiger partial charge in [-0.15, -0.1) is 0 Å². The van der Waals surface area contributed by atoms with Crippen molar-refractivity contribution in [1.29, 1.82) is 5.26 Å². The van der Waals surface area contributed by atoms with Crippen molar-refractivity contribution in [3.05, 3.63) is 70.2 Å². The molecular weight excluding hydrogens is 358 g/mol. The molecule has 2 aromatic rings. The third-order valence-corrected chi connectivity index (χ3v) is 4.86. The highest BCUT2D eigenvalue weighted by molar-refractivity contribution is 8.04. The van der Waals surface area contributed by atoms with Crippen molar-refractivity contribution in [2.45, 2.75) is 0 Å². The molecule has 3 rings (SSSR count). The van der Waals surface area contributed by atoms with E-state index in [1.165, 1.54) is 16.7 Å². The molecule has 0 saturated carbocycles. The molecule has 1 N–H and O–H groups in total. The Labute approximate surface area is 153 Å². The lowest BCUT2D eigenvalue weighted by molar-refractivity contribution is -0.115. The van der Waals surface area contributed by atoms with E-state index in [1.54, 1.807) is 48.5 Å². The van der Waals surface area contributed by atoms with Gasteiger partial charge < -0.3 is 5.32 Å². The molecule has 124 valence electrons. The highest BCUT2D eigenvalue weighted by Crippen LogP contribution is 2.36. The quantitative estimate of drug-likeness (QED) is 0.659. The molecule has 1 aliphatic heterocycles. The maximum absolute atomic E-state index is 12.6. The number of halogens is 1. The number of thioether (sulfide) groups is 1. The molecule has 0 spiro atoms. The molecule has 7 heteroatoms. The summed E-state index contributed by atoms with van der Waals surface area (Å²) in [6, 6.07) is 17.6. The molecule has 0 bridgehead atoms. The molecule has 0 atom stereocenters. The van der Waals surface area contributed by atoms with Gasteiger partial charge in [0.05, 0.1) is 16.5 Å². The Bertz CT molecular complexity index is 906. The molecule has 2 aromatic carbocycles. The number of para-hydroxylation sites is 2. The van der Waals surface area contributed by atoms with Gasteiger partial charge in [0.2, 0.25) is 5.91 Å². The lowest BCUT2D eigenvalue weighted by atomic mass is 10.2. The third kappa shape index (κ3) is 3.53. The highest BCUT2D eigenvalue weighted by Gasteiger charge is 2.33. The van der Waals surface area contributed by atoms with Crippen molar-refractivity contribution in [3.8, 4) is 6.07 Å². The second-order valence-electron chi connectivity index (χ2n) is 5.08. The van der Waals surface area contributed by atoms with Gasteiger partial charge in [-0.25, -0.2) is 0 Å². The zero-order valence-corrected chi connectivity index (χ0v) is 14.5. The minimum Gasteiger partial charge on any atom is -0.320 e. The Balaban J connectivity index is 1.97. The van der Waals surface area contributed by atoms with Crippen LogP contribution < -0.4 is 10.2 Å². The zero-order chi connectivity index (χ0) is 17.8. The van der Waals surface area contributed by atoms with Crippen LogP contribution in [0.3, 0.4) is 0 Å². The first-order valence-corrected chi connectivity index (χ1v) is 8.69. The van der Waals surface area contributed by atoms with E-state index in [0.717, 1.165) is 0 Å². The fourth-order valence-electron chi connectivity index (χ4n) is 2.34. The first-order valence-electron chi connectivity index (χ1n) is 7.33. The summed E-state index contributed by atoms with van der Waals surface area (Å²) < 4.78 is 0. The van der Waals surface area contributed by atoms with E-state index in [-0.39, 0.29) is 17.2 Å². The van der Waals surface area contributed by atoms with Crippen molar-refractivity contribution in [1.82, 2.24) is 0 Å². The van der Waals surface area contributed by atoms with Crippen LogP contribution in [0, 0.1) is 11.3 Å². The number of benzene rings is 2. The Kier molecular flexibility index (Phi) is 5.08. The summed E-state index contributed by atoms with van der Waals surface area (Å²) in [5.74, 6) is -0.604. The third-order valence-electron chi connectivity index (χ3n) is 3.47. The molecule has 25 heavy (non-hydrogen) atoms. The number of amides is 2. The van der Waals surface area contributed by atoms with Gasteiger partial charge in [-0.1, -0.05) is 53.7 Å². The zero-order valence-electron chi connectivity index (χ0n) is 12.9. The number of rotatable bonds is 3. The van der Waals surface area contributed by atoms with Crippen LogP contribution in [0.5, 0.6) is 0 Å². The fourth-order valence-corrected chi connectivity index (χ4v) is 3.53. The van der Waals surface area contributed by atoms with Crippen LogP contribution in [0.25, 0.3) is 0 Å². The topological polar surface area (TPSA) is 73.2 Å². The Morgan fingerprint density at radius 2 is 1.84 bits per heavy atom. The average molecular weight is 370 g/mol. The average Bonchev–Trinajstić information content (AvgIpc) is 3.00. The molecule has 1 aliphatic rings. The number of anilines is 2. The molecule has 1 heterocycles. The monoisotopic (exact) mass is 369 g/mol. The molecule has 1 fully saturated rings. The van der Waals surface area contributed by atoms with Gasteiger partial charge in [-0.2, -0.15) is 5.26 Å². The van der Waals surface area contributed by atoms with Crippen molar-refractivity contribution in [3.63, 3.8) is 0 Å². The van der Waals surface area contributed by atoms with Crippen LogP contribution in [0.2, 0.25) is 5.02 Å². The minimum atomic E-state index is -0.603. The summed E-state index contributed by atoms with van der Waals surface area (Å²) in [4.78, 5) is 26.2. The predicted octanol–water partition coefficient (Wildman–Crippen LogP) is 3.79. The molecule has 0 unspecified atom stereocenters. The molecule has 5 nitrogen and oxygen atoms in total. The maximum atomic E-state index is 12.6. The fraction of sp³-hybridized carbons (Fsp3) is 0.0556. The van der Waals surface area contributed by atoms with E-state index in [9.17, 15) is 14.9 Å². The summed E-state index contributed by atoms with van der Waals surface area (Å²) in [5.41, 5.74) is 0.897. The molecule has 0 aromatic heterocycles. The molecule has 0 radical (unpaired) electrons. The Morgan fingerprint density at radius 1 is 1.16 bits per heavy atom. The maximum Gasteiger partial charge on any atom is 0.269 e.